The molecule has 0 heterocycles. The predicted molar refractivity (Wildman–Crippen MR) is 38.6 cm³/mol. The Morgan fingerprint density at radius 3 is 2.27 bits per heavy atom. The van der Waals surface area contributed by atoms with Crippen LogP contribution in [0.25, 0.3) is 0 Å². The molecule has 0 fully saturated rings. The molecule has 0 aliphatic heterocycles. The van der Waals surface area contributed by atoms with Gasteiger partial charge in [-0.25, -0.2) is 13.2 Å². The molecule has 1 rings (SSSR count). The van der Waals surface area contributed by atoms with E-state index in [0.29, 0.717) is 0 Å². The van der Waals surface area contributed by atoms with Crippen molar-refractivity contribution in [3.05, 3.63) is 29.6 Å². The second kappa shape index (κ2) is 3.17. The van der Waals surface area contributed by atoms with Crippen LogP contribution in [0.15, 0.2) is 23.1 Å². The number of hydrogen-bond donors (Lipinski definition) is 1. The van der Waals surface area contributed by atoms with Crippen molar-refractivity contribution in [3.63, 3.8) is 0 Å². The highest BCUT2D eigenvalue weighted by Gasteiger charge is 2.08. The molecule has 0 atom stereocenters. The number of rotatable bonds is 1. The number of alkyl halides is 2. The SMILES string of the molecule is Fc1cc(S)cc(C(F)F)c1. The van der Waals surface area contributed by atoms with Gasteiger partial charge in [-0.2, -0.15) is 0 Å². The second-order valence-corrected chi connectivity index (χ2v) is 2.56. The quantitative estimate of drug-likeness (QED) is 0.628. The minimum atomic E-state index is -2.64. The Kier molecular flexibility index (Phi) is 2.44. The first kappa shape index (κ1) is 8.46. The molecular weight excluding hydrogens is 173 g/mol. The molecule has 4 heteroatoms. The van der Waals surface area contributed by atoms with E-state index in [1.165, 1.54) is 0 Å². The maximum Gasteiger partial charge on any atom is 0.263 e. The molecule has 0 aliphatic carbocycles. The first-order valence-electron chi connectivity index (χ1n) is 2.87. The van der Waals surface area contributed by atoms with E-state index in [9.17, 15) is 13.2 Å². The zero-order valence-electron chi connectivity index (χ0n) is 5.39. The first-order chi connectivity index (χ1) is 5.09. The standard InChI is InChI=1S/C7H5F3S/c8-5-1-4(7(9)10)2-6(11)3-5/h1-3,7,11H. The summed E-state index contributed by atoms with van der Waals surface area (Å²) in [7, 11) is 0. The maximum absolute atomic E-state index is 12.4. The van der Waals surface area contributed by atoms with Gasteiger partial charge in [-0.15, -0.1) is 12.6 Å². The molecule has 1 aromatic carbocycles. The monoisotopic (exact) mass is 178 g/mol. The molecule has 60 valence electrons. The maximum atomic E-state index is 12.4. The number of thiol groups is 1. The Hall–Kier alpha value is -0.640. The molecule has 0 N–H and O–H groups in total. The van der Waals surface area contributed by atoms with Gasteiger partial charge < -0.3 is 0 Å². The van der Waals surface area contributed by atoms with Gasteiger partial charge in [0.1, 0.15) is 5.82 Å². The lowest BCUT2D eigenvalue weighted by atomic mass is 10.2. The molecule has 0 unspecified atom stereocenters. The first-order valence-corrected chi connectivity index (χ1v) is 3.32. The van der Waals surface area contributed by atoms with Crippen molar-refractivity contribution in [2.24, 2.45) is 0 Å². The van der Waals surface area contributed by atoms with Crippen molar-refractivity contribution >= 4 is 12.6 Å². The Morgan fingerprint density at radius 2 is 1.82 bits per heavy atom. The van der Waals surface area contributed by atoms with Crippen LogP contribution < -0.4 is 0 Å². The number of hydrogen-bond acceptors (Lipinski definition) is 1. The van der Waals surface area contributed by atoms with E-state index in [2.05, 4.69) is 12.6 Å². The highest BCUT2D eigenvalue weighted by molar-refractivity contribution is 7.80. The molecule has 11 heavy (non-hydrogen) atoms. The van der Waals surface area contributed by atoms with Gasteiger partial charge in [0, 0.05) is 10.5 Å². The van der Waals surface area contributed by atoms with Crippen LogP contribution in [0.2, 0.25) is 0 Å². The van der Waals surface area contributed by atoms with Crippen molar-refractivity contribution in [2.45, 2.75) is 11.3 Å². The minimum absolute atomic E-state index is 0.209. The summed E-state index contributed by atoms with van der Waals surface area (Å²) in [5.74, 6) is -0.687. The van der Waals surface area contributed by atoms with Gasteiger partial charge in [0.15, 0.2) is 0 Å². The van der Waals surface area contributed by atoms with Gasteiger partial charge in [0.2, 0.25) is 0 Å². The summed E-state index contributed by atoms with van der Waals surface area (Å²) >= 11 is 3.75. The van der Waals surface area contributed by atoms with E-state index in [-0.39, 0.29) is 10.5 Å². The van der Waals surface area contributed by atoms with Crippen LogP contribution >= 0.6 is 12.6 Å². The smallest absolute Gasteiger partial charge is 0.207 e. The molecular formula is C7H5F3S. The Labute approximate surface area is 67.4 Å². The third-order valence-corrected chi connectivity index (χ3v) is 1.42. The fourth-order valence-electron chi connectivity index (χ4n) is 0.722. The summed E-state index contributed by atoms with van der Waals surface area (Å²) in [4.78, 5) is 0.209. The number of halogens is 3. The molecule has 0 spiro atoms. The van der Waals surface area contributed by atoms with Crippen LogP contribution in [0, 0.1) is 5.82 Å². The van der Waals surface area contributed by atoms with E-state index in [1.54, 1.807) is 0 Å². The van der Waals surface area contributed by atoms with E-state index >= 15 is 0 Å². The molecule has 0 nitrogen and oxygen atoms in total. The average Bonchev–Trinajstić information content (AvgIpc) is 1.85. The van der Waals surface area contributed by atoms with Crippen molar-refractivity contribution in [1.29, 1.82) is 0 Å². The van der Waals surface area contributed by atoms with Crippen LogP contribution in [0.4, 0.5) is 13.2 Å². The van der Waals surface area contributed by atoms with E-state index in [0.717, 1.165) is 18.2 Å². The van der Waals surface area contributed by atoms with E-state index in [1.807, 2.05) is 0 Å². The highest BCUT2D eigenvalue weighted by atomic mass is 32.1. The fourth-order valence-corrected chi connectivity index (χ4v) is 0.995. The molecule has 0 radical (unpaired) electrons. The summed E-state index contributed by atoms with van der Waals surface area (Å²) in [6, 6.07) is 3.01. The van der Waals surface area contributed by atoms with Gasteiger partial charge in [0.25, 0.3) is 6.43 Å². The molecule has 0 saturated carbocycles. The Bertz CT molecular complexity index is 240. The largest absolute Gasteiger partial charge is 0.263 e. The molecule has 1 aromatic rings. The van der Waals surface area contributed by atoms with E-state index < -0.39 is 12.2 Å². The van der Waals surface area contributed by atoms with Crippen LogP contribution in [0.5, 0.6) is 0 Å². The van der Waals surface area contributed by atoms with Crippen LogP contribution in [-0.4, -0.2) is 0 Å². The number of benzene rings is 1. The van der Waals surface area contributed by atoms with Crippen LogP contribution in [0.3, 0.4) is 0 Å². The third-order valence-electron chi connectivity index (χ3n) is 1.16. The zero-order valence-corrected chi connectivity index (χ0v) is 6.28. The van der Waals surface area contributed by atoms with Crippen molar-refractivity contribution < 1.29 is 13.2 Å². The molecule has 0 aromatic heterocycles. The summed E-state index contributed by atoms with van der Waals surface area (Å²) in [5, 5.41) is 0. The van der Waals surface area contributed by atoms with Gasteiger partial charge in [-0.05, 0) is 18.2 Å². The van der Waals surface area contributed by atoms with Crippen molar-refractivity contribution in [3.8, 4) is 0 Å². The lowest BCUT2D eigenvalue weighted by Gasteiger charge is -1.99. The second-order valence-electron chi connectivity index (χ2n) is 2.04. The Morgan fingerprint density at radius 1 is 1.18 bits per heavy atom. The topological polar surface area (TPSA) is 0 Å². The molecule has 0 bridgehead atoms. The van der Waals surface area contributed by atoms with Crippen LogP contribution in [-0.2, 0) is 0 Å². The molecule has 0 aliphatic rings. The molecule has 0 amide bonds. The fraction of sp³-hybridized carbons (Fsp3) is 0.143. The summed E-state index contributed by atoms with van der Waals surface area (Å²) in [6.45, 7) is 0. The predicted octanol–water partition coefficient (Wildman–Crippen LogP) is 3.05. The normalized spacial score (nSPS) is 10.6. The van der Waals surface area contributed by atoms with Gasteiger partial charge >= 0.3 is 0 Å². The van der Waals surface area contributed by atoms with Gasteiger partial charge in [0.05, 0.1) is 0 Å². The van der Waals surface area contributed by atoms with E-state index in [4.69, 9.17) is 0 Å². The summed E-state index contributed by atoms with van der Waals surface area (Å²) in [6.07, 6.45) is -2.64. The third kappa shape index (κ3) is 2.15. The highest BCUT2D eigenvalue weighted by Crippen LogP contribution is 2.22. The van der Waals surface area contributed by atoms with Crippen molar-refractivity contribution in [2.75, 3.05) is 0 Å². The van der Waals surface area contributed by atoms with Gasteiger partial charge in [-0.3, -0.25) is 0 Å². The lowest BCUT2D eigenvalue weighted by molar-refractivity contribution is 0.150. The van der Waals surface area contributed by atoms with Gasteiger partial charge in [-0.1, -0.05) is 0 Å². The average molecular weight is 178 g/mol. The minimum Gasteiger partial charge on any atom is -0.207 e. The summed E-state index contributed by atoms with van der Waals surface area (Å²) < 4.78 is 36.3. The van der Waals surface area contributed by atoms with Crippen molar-refractivity contribution in [1.82, 2.24) is 0 Å². The molecule has 0 saturated heterocycles. The lowest BCUT2D eigenvalue weighted by Crippen LogP contribution is -1.85. The Balaban J connectivity index is 3.08. The van der Waals surface area contributed by atoms with Crippen LogP contribution in [0.1, 0.15) is 12.0 Å². The zero-order chi connectivity index (χ0) is 8.43. The summed E-state index contributed by atoms with van der Waals surface area (Å²) in [5.41, 5.74) is -0.338.